The predicted molar refractivity (Wildman–Crippen MR) is 107 cm³/mol. The standard InChI is InChI=1S/C22H27N3O4/c1-15(2)13-29-18-12-25(17-8-4-3-5-9-17)23-19(18)20(26)24-11-16-7-6-10-22(16,14-24)21(27)28/h3-5,8-9,12,15-16H,6-7,10-11,13-14H2,1-2H3,(H,27,28)/t16-,22+/m0/s1. The molecule has 2 fully saturated rings. The van der Waals surface area contributed by atoms with Crippen molar-refractivity contribution in [3.8, 4) is 11.4 Å². The Labute approximate surface area is 170 Å². The molecule has 2 heterocycles. The third-order valence-electron chi connectivity index (χ3n) is 6.06. The van der Waals surface area contributed by atoms with E-state index < -0.39 is 11.4 Å². The van der Waals surface area contributed by atoms with Crippen LogP contribution in [0.25, 0.3) is 5.69 Å². The van der Waals surface area contributed by atoms with E-state index in [4.69, 9.17) is 4.74 Å². The molecule has 2 aliphatic rings. The van der Waals surface area contributed by atoms with E-state index >= 15 is 0 Å². The van der Waals surface area contributed by atoms with Crippen LogP contribution in [-0.4, -0.2) is 51.4 Å². The number of para-hydroxylation sites is 1. The lowest BCUT2D eigenvalue weighted by Crippen LogP contribution is -2.37. The van der Waals surface area contributed by atoms with Gasteiger partial charge in [0.15, 0.2) is 11.4 Å². The van der Waals surface area contributed by atoms with Gasteiger partial charge in [-0.25, -0.2) is 4.68 Å². The maximum absolute atomic E-state index is 13.3. The van der Waals surface area contributed by atoms with E-state index in [0.29, 0.717) is 31.2 Å². The van der Waals surface area contributed by atoms with Crippen LogP contribution in [0.1, 0.15) is 43.6 Å². The molecule has 0 spiro atoms. The SMILES string of the molecule is CC(C)COc1cn(-c2ccccc2)nc1C(=O)N1C[C@@H]2CCC[C@@]2(C(=O)O)C1. The summed E-state index contributed by atoms with van der Waals surface area (Å²) in [6.07, 6.45) is 4.12. The molecular weight excluding hydrogens is 370 g/mol. The monoisotopic (exact) mass is 397 g/mol. The molecule has 2 aromatic rings. The molecule has 4 rings (SSSR count). The van der Waals surface area contributed by atoms with E-state index in [0.717, 1.165) is 18.5 Å². The van der Waals surface area contributed by atoms with E-state index in [1.165, 1.54) is 0 Å². The summed E-state index contributed by atoms with van der Waals surface area (Å²) < 4.78 is 7.55. The fourth-order valence-electron chi connectivity index (χ4n) is 4.52. The number of rotatable bonds is 6. The van der Waals surface area contributed by atoms with Crippen molar-refractivity contribution in [2.45, 2.75) is 33.1 Å². The van der Waals surface area contributed by atoms with Gasteiger partial charge >= 0.3 is 5.97 Å². The number of hydrogen-bond donors (Lipinski definition) is 1. The largest absolute Gasteiger partial charge is 0.489 e. The van der Waals surface area contributed by atoms with Gasteiger partial charge in [0.05, 0.1) is 23.9 Å². The van der Waals surface area contributed by atoms with E-state index in [9.17, 15) is 14.7 Å². The van der Waals surface area contributed by atoms with Gasteiger partial charge in [0.2, 0.25) is 0 Å². The number of amides is 1. The van der Waals surface area contributed by atoms with E-state index in [1.54, 1.807) is 15.8 Å². The molecule has 0 bridgehead atoms. The predicted octanol–water partition coefficient (Wildman–Crippen LogP) is 3.23. The number of fused-ring (bicyclic) bond motifs is 1. The van der Waals surface area contributed by atoms with Crippen LogP contribution in [-0.2, 0) is 4.79 Å². The summed E-state index contributed by atoms with van der Waals surface area (Å²) in [6.45, 7) is 5.27. The number of ether oxygens (including phenoxy) is 1. The average molecular weight is 397 g/mol. The fraction of sp³-hybridized carbons (Fsp3) is 0.500. The normalized spacial score (nSPS) is 23.4. The van der Waals surface area contributed by atoms with Crippen LogP contribution in [0.3, 0.4) is 0 Å². The molecule has 2 atom stereocenters. The summed E-state index contributed by atoms with van der Waals surface area (Å²) in [5.41, 5.74) is 0.271. The van der Waals surface area contributed by atoms with E-state index in [-0.39, 0.29) is 24.1 Å². The zero-order valence-electron chi connectivity index (χ0n) is 16.9. The Kier molecular flexibility index (Phi) is 5.06. The van der Waals surface area contributed by atoms with Gasteiger partial charge in [0, 0.05) is 13.1 Å². The maximum Gasteiger partial charge on any atom is 0.311 e. The molecule has 1 saturated carbocycles. The molecule has 1 saturated heterocycles. The number of carboxylic acids is 1. The van der Waals surface area contributed by atoms with Gasteiger partial charge in [-0.2, -0.15) is 5.10 Å². The minimum atomic E-state index is -0.809. The highest BCUT2D eigenvalue weighted by Crippen LogP contribution is 2.49. The van der Waals surface area contributed by atoms with Crippen LogP contribution < -0.4 is 4.74 Å². The molecule has 0 unspecified atom stereocenters. The highest BCUT2D eigenvalue weighted by molar-refractivity contribution is 5.96. The quantitative estimate of drug-likeness (QED) is 0.809. The van der Waals surface area contributed by atoms with Gasteiger partial charge in [0.25, 0.3) is 5.91 Å². The second kappa shape index (κ2) is 7.54. The Bertz CT molecular complexity index is 908. The molecule has 154 valence electrons. The Balaban J connectivity index is 1.63. The average Bonchev–Trinajstić information content (AvgIpc) is 3.39. The van der Waals surface area contributed by atoms with Gasteiger partial charge in [-0.15, -0.1) is 0 Å². The van der Waals surface area contributed by atoms with Crippen molar-refractivity contribution in [3.63, 3.8) is 0 Å². The third kappa shape index (κ3) is 3.50. The summed E-state index contributed by atoms with van der Waals surface area (Å²) in [4.78, 5) is 26.9. The summed E-state index contributed by atoms with van der Waals surface area (Å²) >= 11 is 0. The third-order valence-corrected chi connectivity index (χ3v) is 6.06. The van der Waals surface area contributed by atoms with Crippen molar-refractivity contribution in [1.82, 2.24) is 14.7 Å². The van der Waals surface area contributed by atoms with Crippen molar-refractivity contribution in [2.75, 3.05) is 19.7 Å². The summed E-state index contributed by atoms with van der Waals surface area (Å²) in [5, 5.41) is 14.3. The van der Waals surface area contributed by atoms with Crippen molar-refractivity contribution in [1.29, 1.82) is 0 Å². The van der Waals surface area contributed by atoms with Crippen LogP contribution in [0.15, 0.2) is 36.5 Å². The number of benzene rings is 1. The highest BCUT2D eigenvalue weighted by Gasteiger charge is 2.56. The second-order valence-electron chi connectivity index (χ2n) is 8.56. The molecule has 1 aromatic carbocycles. The molecule has 0 radical (unpaired) electrons. The van der Waals surface area contributed by atoms with Crippen LogP contribution in [0.2, 0.25) is 0 Å². The van der Waals surface area contributed by atoms with Gasteiger partial charge in [-0.3, -0.25) is 9.59 Å². The summed E-state index contributed by atoms with van der Waals surface area (Å²) in [5.74, 6) is -0.288. The molecule has 29 heavy (non-hydrogen) atoms. The fourth-order valence-corrected chi connectivity index (χ4v) is 4.52. The topological polar surface area (TPSA) is 84.7 Å². The first kappa shape index (κ1) is 19.5. The van der Waals surface area contributed by atoms with Crippen molar-refractivity contribution in [3.05, 3.63) is 42.2 Å². The highest BCUT2D eigenvalue weighted by atomic mass is 16.5. The molecule has 1 aliphatic carbocycles. The van der Waals surface area contributed by atoms with Crippen molar-refractivity contribution >= 4 is 11.9 Å². The Morgan fingerprint density at radius 1 is 1.31 bits per heavy atom. The molecule has 1 N–H and O–H groups in total. The van der Waals surface area contributed by atoms with Gasteiger partial charge in [0.1, 0.15) is 0 Å². The number of aromatic nitrogens is 2. The minimum absolute atomic E-state index is 0.0141. The van der Waals surface area contributed by atoms with Gasteiger partial charge in [-0.05, 0) is 36.8 Å². The van der Waals surface area contributed by atoms with Crippen LogP contribution in [0.4, 0.5) is 0 Å². The molecule has 1 aromatic heterocycles. The van der Waals surface area contributed by atoms with Crippen molar-refractivity contribution in [2.24, 2.45) is 17.3 Å². The first-order valence-electron chi connectivity index (χ1n) is 10.2. The lowest BCUT2D eigenvalue weighted by molar-refractivity contribution is -0.149. The van der Waals surface area contributed by atoms with Gasteiger partial charge in [-0.1, -0.05) is 38.5 Å². The number of likely N-dealkylation sites (tertiary alicyclic amines) is 1. The Hall–Kier alpha value is -2.83. The van der Waals surface area contributed by atoms with Crippen LogP contribution in [0.5, 0.6) is 5.75 Å². The first-order valence-corrected chi connectivity index (χ1v) is 10.2. The number of aliphatic carboxylic acids is 1. The summed E-state index contributed by atoms with van der Waals surface area (Å²) in [6, 6.07) is 9.56. The number of carbonyl (C=O) groups excluding carboxylic acids is 1. The Morgan fingerprint density at radius 2 is 2.07 bits per heavy atom. The number of carboxylic acid groups (broad SMARTS) is 1. The number of nitrogens with zero attached hydrogens (tertiary/aromatic N) is 3. The molecule has 1 amide bonds. The van der Waals surface area contributed by atoms with E-state index in [2.05, 4.69) is 5.10 Å². The zero-order chi connectivity index (χ0) is 20.6. The minimum Gasteiger partial charge on any atom is -0.489 e. The zero-order valence-corrected chi connectivity index (χ0v) is 16.9. The van der Waals surface area contributed by atoms with E-state index in [1.807, 2.05) is 44.2 Å². The summed E-state index contributed by atoms with van der Waals surface area (Å²) in [7, 11) is 0. The Morgan fingerprint density at radius 3 is 2.72 bits per heavy atom. The molecule has 7 heteroatoms. The molecule has 7 nitrogen and oxygen atoms in total. The van der Waals surface area contributed by atoms with Crippen LogP contribution >= 0.6 is 0 Å². The first-order chi connectivity index (χ1) is 13.9. The lowest BCUT2D eigenvalue weighted by Gasteiger charge is -2.23. The van der Waals surface area contributed by atoms with Gasteiger partial charge < -0.3 is 14.7 Å². The maximum atomic E-state index is 13.3. The molecular formula is C22H27N3O4. The lowest BCUT2D eigenvalue weighted by atomic mass is 9.81. The van der Waals surface area contributed by atoms with Crippen LogP contribution in [0, 0.1) is 17.3 Å². The molecule has 1 aliphatic heterocycles. The van der Waals surface area contributed by atoms with Crippen molar-refractivity contribution < 1.29 is 19.4 Å². The number of hydrogen-bond acceptors (Lipinski definition) is 4. The second-order valence-corrected chi connectivity index (χ2v) is 8.56. The number of carbonyl (C=O) groups is 2. The smallest absolute Gasteiger partial charge is 0.311 e.